The zero-order chi connectivity index (χ0) is 12.3. The van der Waals surface area contributed by atoms with Gasteiger partial charge in [0.25, 0.3) is 0 Å². The molecule has 0 fully saturated rings. The Morgan fingerprint density at radius 1 is 1.38 bits per heavy atom. The molecular weight excluding hydrogens is 202 g/mol. The number of hydrogen-bond acceptors (Lipinski definition) is 2. The Morgan fingerprint density at radius 2 is 2.00 bits per heavy atom. The zero-order valence-corrected chi connectivity index (χ0v) is 10.3. The van der Waals surface area contributed by atoms with Gasteiger partial charge in [-0.15, -0.1) is 0 Å². The predicted molar refractivity (Wildman–Crippen MR) is 66.0 cm³/mol. The first kappa shape index (κ1) is 12.6. The second-order valence-electron chi connectivity index (χ2n) is 5.05. The Bertz CT molecular complexity index is 380. The van der Waals surface area contributed by atoms with Crippen molar-refractivity contribution in [3.8, 4) is 0 Å². The van der Waals surface area contributed by atoms with Gasteiger partial charge in [-0.05, 0) is 23.1 Å². The van der Waals surface area contributed by atoms with Gasteiger partial charge in [0.2, 0.25) is 0 Å². The molecule has 0 unspecified atom stereocenters. The standard InChI is InChI=1S/C13H19NO2/c1-13(2,3)10-6-5-7-11(8-10)14(4)9-12(15)16/h5-8H,9H2,1-4H3,(H,15,16). The van der Waals surface area contributed by atoms with Crippen LogP contribution in [-0.2, 0) is 10.2 Å². The van der Waals surface area contributed by atoms with Crippen molar-refractivity contribution in [2.45, 2.75) is 26.2 Å². The maximum Gasteiger partial charge on any atom is 0.323 e. The number of carbonyl (C=O) groups is 1. The molecule has 3 nitrogen and oxygen atoms in total. The number of nitrogens with zero attached hydrogens (tertiary/aromatic N) is 1. The van der Waals surface area contributed by atoms with E-state index in [1.807, 2.05) is 18.2 Å². The third-order valence-corrected chi connectivity index (χ3v) is 2.53. The Morgan fingerprint density at radius 3 is 2.50 bits per heavy atom. The van der Waals surface area contributed by atoms with Crippen molar-refractivity contribution in [2.24, 2.45) is 0 Å². The van der Waals surface area contributed by atoms with Crippen LogP contribution in [0.4, 0.5) is 5.69 Å². The Kier molecular flexibility index (Phi) is 3.58. The molecule has 1 N–H and O–H groups in total. The van der Waals surface area contributed by atoms with Crippen LogP contribution in [0.2, 0.25) is 0 Å². The van der Waals surface area contributed by atoms with E-state index in [4.69, 9.17) is 5.11 Å². The van der Waals surface area contributed by atoms with Gasteiger partial charge in [-0.2, -0.15) is 0 Å². The molecule has 16 heavy (non-hydrogen) atoms. The molecule has 0 aliphatic carbocycles. The van der Waals surface area contributed by atoms with Crippen molar-refractivity contribution in [2.75, 3.05) is 18.5 Å². The van der Waals surface area contributed by atoms with Gasteiger partial charge >= 0.3 is 5.97 Å². The summed E-state index contributed by atoms with van der Waals surface area (Å²) in [6.07, 6.45) is 0. The molecule has 3 heteroatoms. The third-order valence-electron chi connectivity index (χ3n) is 2.53. The third kappa shape index (κ3) is 3.26. The van der Waals surface area contributed by atoms with Crippen LogP contribution in [0.1, 0.15) is 26.3 Å². The Labute approximate surface area is 96.7 Å². The van der Waals surface area contributed by atoms with E-state index in [-0.39, 0.29) is 12.0 Å². The highest BCUT2D eigenvalue weighted by Crippen LogP contribution is 2.25. The van der Waals surface area contributed by atoms with Crippen LogP contribution in [0, 0.1) is 0 Å². The number of aliphatic carboxylic acids is 1. The molecule has 0 aromatic heterocycles. The molecule has 0 saturated carbocycles. The fourth-order valence-electron chi connectivity index (χ4n) is 1.50. The molecule has 0 amide bonds. The second-order valence-corrected chi connectivity index (χ2v) is 5.05. The molecule has 0 radical (unpaired) electrons. The monoisotopic (exact) mass is 221 g/mol. The van der Waals surface area contributed by atoms with Crippen molar-refractivity contribution in [3.63, 3.8) is 0 Å². The molecule has 88 valence electrons. The minimum atomic E-state index is -0.816. The number of likely N-dealkylation sites (N-methyl/N-ethyl adjacent to an activating group) is 1. The summed E-state index contributed by atoms with van der Waals surface area (Å²) < 4.78 is 0. The van der Waals surface area contributed by atoms with E-state index in [1.54, 1.807) is 11.9 Å². The van der Waals surface area contributed by atoms with E-state index in [1.165, 1.54) is 5.56 Å². The molecule has 0 atom stereocenters. The lowest BCUT2D eigenvalue weighted by Gasteiger charge is -2.23. The van der Waals surface area contributed by atoms with Gasteiger partial charge in [0.05, 0.1) is 0 Å². The minimum absolute atomic E-state index is 0.0214. The van der Waals surface area contributed by atoms with Crippen LogP contribution in [0.25, 0.3) is 0 Å². The van der Waals surface area contributed by atoms with Crippen LogP contribution in [-0.4, -0.2) is 24.7 Å². The summed E-state index contributed by atoms with van der Waals surface area (Å²) in [7, 11) is 1.79. The average molecular weight is 221 g/mol. The molecule has 0 aliphatic heterocycles. The fraction of sp³-hybridized carbons (Fsp3) is 0.462. The number of rotatable bonds is 3. The molecule has 0 aliphatic rings. The SMILES string of the molecule is CN(CC(=O)O)c1cccc(C(C)(C)C)c1. The first-order valence-corrected chi connectivity index (χ1v) is 5.34. The summed E-state index contributed by atoms with van der Waals surface area (Å²) in [6.45, 7) is 6.45. The van der Waals surface area contributed by atoms with E-state index in [2.05, 4.69) is 26.8 Å². The van der Waals surface area contributed by atoms with Crippen molar-refractivity contribution in [3.05, 3.63) is 29.8 Å². The topological polar surface area (TPSA) is 40.5 Å². The normalized spacial score (nSPS) is 11.2. The highest BCUT2D eigenvalue weighted by molar-refractivity contribution is 5.73. The predicted octanol–water partition coefficient (Wildman–Crippen LogP) is 2.50. The zero-order valence-electron chi connectivity index (χ0n) is 10.3. The summed E-state index contributed by atoms with van der Waals surface area (Å²) in [5.41, 5.74) is 2.23. The van der Waals surface area contributed by atoms with E-state index >= 15 is 0 Å². The van der Waals surface area contributed by atoms with E-state index in [9.17, 15) is 4.79 Å². The Balaban J connectivity index is 2.94. The smallest absolute Gasteiger partial charge is 0.323 e. The minimum Gasteiger partial charge on any atom is -0.480 e. The van der Waals surface area contributed by atoms with Gasteiger partial charge in [0, 0.05) is 12.7 Å². The van der Waals surface area contributed by atoms with Crippen LogP contribution >= 0.6 is 0 Å². The number of carboxylic acid groups (broad SMARTS) is 1. The highest BCUT2D eigenvalue weighted by atomic mass is 16.4. The quantitative estimate of drug-likeness (QED) is 0.852. The molecule has 1 rings (SSSR count). The van der Waals surface area contributed by atoms with Crippen molar-refractivity contribution in [1.29, 1.82) is 0 Å². The van der Waals surface area contributed by atoms with Gasteiger partial charge in [-0.3, -0.25) is 4.79 Å². The molecule has 0 bridgehead atoms. The van der Waals surface area contributed by atoms with Gasteiger partial charge in [0.15, 0.2) is 0 Å². The van der Waals surface area contributed by atoms with Crippen LogP contribution in [0.3, 0.4) is 0 Å². The largest absolute Gasteiger partial charge is 0.480 e. The summed E-state index contributed by atoms with van der Waals surface area (Å²) in [5.74, 6) is -0.816. The average Bonchev–Trinajstić information content (AvgIpc) is 2.15. The molecule has 0 saturated heterocycles. The van der Waals surface area contributed by atoms with Crippen molar-refractivity contribution < 1.29 is 9.90 Å². The Hall–Kier alpha value is -1.51. The highest BCUT2D eigenvalue weighted by Gasteiger charge is 2.14. The number of anilines is 1. The van der Waals surface area contributed by atoms with Gasteiger partial charge in [0.1, 0.15) is 6.54 Å². The van der Waals surface area contributed by atoms with Gasteiger partial charge in [-0.25, -0.2) is 0 Å². The number of hydrogen-bond donors (Lipinski definition) is 1. The summed E-state index contributed by atoms with van der Waals surface area (Å²) in [6, 6.07) is 8.01. The molecule has 0 heterocycles. The number of benzene rings is 1. The second kappa shape index (κ2) is 4.56. The first-order chi connectivity index (χ1) is 7.30. The fourth-order valence-corrected chi connectivity index (χ4v) is 1.50. The van der Waals surface area contributed by atoms with Crippen LogP contribution in [0.5, 0.6) is 0 Å². The van der Waals surface area contributed by atoms with E-state index in [0.29, 0.717) is 0 Å². The molecular formula is C13H19NO2. The first-order valence-electron chi connectivity index (χ1n) is 5.34. The molecule has 0 spiro atoms. The lowest BCUT2D eigenvalue weighted by atomic mass is 9.87. The van der Waals surface area contributed by atoms with Crippen molar-refractivity contribution >= 4 is 11.7 Å². The summed E-state index contributed by atoms with van der Waals surface area (Å²) in [4.78, 5) is 12.4. The van der Waals surface area contributed by atoms with E-state index in [0.717, 1.165) is 5.69 Å². The summed E-state index contributed by atoms with van der Waals surface area (Å²) in [5, 5.41) is 8.73. The lowest BCUT2D eigenvalue weighted by molar-refractivity contribution is -0.135. The molecule has 1 aromatic carbocycles. The number of carboxylic acids is 1. The van der Waals surface area contributed by atoms with Crippen LogP contribution in [0.15, 0.2) is 24.3 Å². The van der Waals surface area contributed by atoms with Gasteiger partial charge < -0.3 is 10.0 Å². The maximum atomic E-state index is 10.6. The van der Waals surface area contributed by atoms with Crippen molar-refractivity contribution in [1.82, 2.24) is 0 Å². The lowest BCUT2D eigenvalue weighted by Crippen LogP contribution is -2.25. The maximum absolute atomic E-state index is 10.6. The van der Waals surface area contributed by atoms with Crippen LogP contribution < -0.4 is 4.90 Å². The summed E-state index contributed by atoms with van der Waals surface area (Å²) >= 11 is 0. The van der Waals surface area contributed by atoms with E-state index < -0.39 is 5.97 Å². The molecule has 1 aromatic rings. The van der Waals surface area contributed by atoms with Gasteiger partial charge in [-0.1, -0.05) is 32.9 Å².